The van der Waals surface area contributed by atoms with E-state index in [0.29, 0.717) is 12.1 Å². The number of hydrogen-bond donors (Lipinski definition) is 1. The maximum absolute atomic E-state index is 13.9. The summed E-state index contributed by atoms with van der Waals surface area (Å²) in [5.74, 6) is -1.50. The van der Waals surface area contributed by atoms with Crippen LogP contribution in [-0.4, -0.2) is 37.3 Å². The minimum Gasteiger partial charge on any atom is -0.314 e. The van der Waals surface area contributed by atoms with Gasteiger partial charge in [0.05, 0.1) is 5.56 Å². The van der Waals surface area contributed by atoms with Gasteiger partial charge in [-0.1, -0.05) is 6.07 Å². The Kier molecular flexibility index (Phi) is 6.28. The van der Waals surface area contributed by atoms with Crippen molar-refractivity contribution in [3.8, 4) is 0 Å². The second-order valence-electron chi connectivity index (χ2n) is 4.93. The number of benzene rings is 1. The second kappa shape index (κ2) is 7.23. The zero-order valence-electron chi connectivity index (χ0n) is 11.6. The molecule has 23 heavy (non-hydrogen) atoms. The van der Waals surface area contributed by atoms with Crippen molar-refractivity contribution >= 4 is 12.4 Å². The van der Waals surface area contributed by atoms with Gasteiger partial charge < -0.3 is 5.32 Å². The molecule has 0 bridgehead atoms. The molecule has 0 unspecified atom stereocenters. The van der Waals surface area contributed by atoms with Crippen LogP contribution in [0.5, 0.6) is 0 Å². The molecule has 0 spiro atoms. The molecule has 1 aromatic rings. The van der Waals surface area contributed by atoms with Crippen LogP contribution in [0.25, 0.3) is 0 Å². The second-order valence-corrected chi connectivity index (χ2v) is 4.93. The quantitative estimate of drug-likeness (QED) is 0.802. The summed E-state index contributed by atoms with van der Waals surface area (Å²) in [4.78, 5) is 0.824. The third-order valence-corrected chi connectivity index (χ3v) is 3.46. The Bertz CT molecular complexity index is 524. The zero-order valence-corrected chi connectivity index (χ0v) is 12.5. The van der Waals surface area contributed by atoms with Crippen molar-refractivity contribution in [3.05, 3.63) is 35.1 Å². The molecule has 0 radical (unpaired) electrons. The van der Waals surface area contributed by atoms with Crippen LogP contribution in [0.3, 0.4) is 0 Å². The summed E-state index contributed by atoms with van der Waals surface area (Å²) >= 11 is 0. The van der Waals surface area contributed by atoms with Gasteiger partial charge in [0.15, 0.2) is 0 Å². The van der Waals surface area contributed by atoms with Crippen molar-refractivity contribution in [1.29, 1.82) is 0 Å². The maximum Gasteiger partial charge on any atom is 0.416 e. The molecule has 1 aromatic carbocycles. The Morgan fingerprint density at radius 1 is 1.00 bits per heavy atom. The molecular weight excluding hydrogens is 353 g/mol. The number of halogens is 8. The summed E-state index contributed by atoms with van der Waals surface area (Å²) in [7, 11) is 0. The molecule has 1 fully saturated rings. The molecule has 1 N–H and O–H groups in total. The summed E-state index contributed by atoms with van der Waals surface area (Å²) < 4.78 is 92.8. The van der Waals surface area contributed by atoms with Crippen LogP contribution in [0.1, 0.15) is 17.2 Å². The van der Waals surface area contributed by atoms with Crippen molar-refractivity contribution in [2.75, 3.05) is 26.2 Å². The molecule has 1 saturated heterocycles. The van der Waals surface area contributed by atoms with Gasteiger partial charge in [-0.3, -0.25) is 4.90 Å². The Labute approximate surface area is 134 Å². The summed E-state index contributed by atoms with van der Waals surface area (Å²) in [6.45, 7) is 0.163. The third kappa shape index (κ3) is 4.48. The van der Waals surface area contributed by atoms with Crippen LogP contribution in [0.15, 0.2) is 18.2 Å². The van der Waals surface area contributed by atoms with Gasteiger partial charge in [0.1, 0.15) is 11.9 Å². The fraction of sp³-hybridized carbons (Fsp3) is 0.538. The minimum atomic E-state index is -5.06. The van der Waals surface area contributed by atoms with E-state index in [1.54, 1.807) is 0 Å². The largest absolute Gasteiger partial charge is 0.416 e. The molecule has 1 aliphatic rings. The Hall–Kier alpha value is -1.06. The highest BCUT2D eigenvalue weighted by atomic mass is 35.5. The highest BCUT2D eigenvalue weighted by molar-refractivity contribution is 5.85. The smallest absolute Gasteiger partial charge is 0.314 e. The molecule has 1 aliphatic heterocycles. The van der Waals surface area contributed by atoms with Gasteiger partial charge in [-0.25, -0.2) is 4.39 Å². The van der Waals surface area contributed by atoms with Gasteiger partial charge in [-0.05, 0) is 12.1 Å². The van der Waals surface area contributed by atoms with E-state index in [1.807, 2.05) is 0 Å². The lowest BCUT2D eigenvalue weighted by atomic mass is 9.96. The number of hydrogen-bond acceptors (Lipinski definition) is 2. The number of nitrogens with zero attached hydrogens (tertiary/aromatic N) is 1. The van der Waals surface area contributed by atoms with Crippen LogP contribution >= 0.6 is 12.4 Å². The van der Waals surface area contributed by atoms with Crippen LogP contribution in [0.4, 0.5) is 30.7 Å². The van der Waals surface area contributed by atoms with Crippen LogP contribution in [-0.2, 0) is 6.18 Å². The maximum atomic E-state index is 13.9. The van der Waals surface area contributed by atoms with Crippen LogP contribution in [0.2, 0.25) is 0 Å². The van der Waals surface area contributed by atoms with E-state index in [0.717, 1.165) is 11.0 Å². The number of alkyl halides is 6. The Morgan fingerprint density at radius 3 is 2.04 bits per heavy atom. The Balaban J connectivity index is 0.00000264. The van der Waals surface area contributed by atoms with Gasteiger partial charge in [0.2, 0.25) is 0 Å². The van der Waals surface area contributed by atoms with E-state index in [4.69, 9.17) is 0 Å². The van der Waals surface area contributed by atoms with Crippen molar-refractivity contribution in [2.24, 2.45) is 0 Å². The summed E-state index contributed by atoms with van der Waals surface area (Å²) in [6, 6.07) is -0.773. The number of piperazine rings is 1. The van der Waals surface area contributed by atoms with E-state index in [2.05, 4.69) is 5.32 Å². The van der Waals surface area contributed by atoms with Gasteiger partial charge in [-0.2, -0.15) is 26.3 Å². The van der Waals surface area contributed by atoms with E-state index in [-0.39, 0.29) is 38.6 Å². The minimum absolute atomic E-state index is 0. The molecule has 0 amide bonds. The zero-order chi connectivity index (χ0) is 16.5. The van der Waals surface area contributed by atoms with Crippen molar-refractivity contribution in [1.82, 2.24) is 10.2 Å². The molecule has 1 atom stereocenters. The highest BCUT2D eigenvalue weighted by Crippen LogP contribution is 2.44. The molecule has 2 rings (SSSR count). The first-order valence-electron chi connectivity index (χ1n) is 6.49. The third-order valence-electron chi connectivity index (χ3n) is 3.46. The molecule has 2 nitrogen and oxygen atoms in total. The van der Waals surface area contributed by atoms with Gasteiger partial charge in [-0.15, -0.1) is 12.4 Å². The van der Waals surface area contributed by atoms with Gasteiger partial charge >= 0.3 is 12.4 Å². The summed E-state index contributed by atoms with van der Waals surface area (Å²) in [6.07, 6.45) is -10.1. The van der Waals surface area contributed by atoms with E-state index < -0.39 is 35.3 Å². The van der Waals surface area contributed by atoms with Crippen molar-refractivity contribution in [2.45, 2.75) is 18.4 Å². The lowest BCUT2D eigenvalue weighted by molar-refractivity contribution is -0.191. The summed E-state index contributed by atoms with van der Waals surface area (Å²) in [5.41, 5.74) is -2.95. The molecule has 10 heteroatoms. The SMILES string of the molecule is Cl.Fc1cccc(C(F)(F)F)c1[C@H](N1CCNCC1)C(F)(F)F. The fourth-order valence-electron chi connectivity index (χ4n) is 2.56. The molecule has 132 valence electrons. The normalized spacial score (nSPS) is 18.4. The first-order valence-corrected chi connectivity index (χ1v) is 6.49. The number of rotatable bonds is 2. The molecule has 0 saturated carbocycles. The molecular formula is C13H14ClF7N2. The molecule has 0 aromatic heterocycles. The highest BCUT2D eigenvalue weighted by Gasteiger charge is 2.50. The predicted molar refractivity (Wildman–Crippen MR) is 71.9 cm³/mol. The van der Waals surface area contributed by atoms with E-state index in [1.165, 1.54) is 0 Å². The van der Waals surface area contributed by atoms with Crippen LogP contribution < -0.4 is 5.32 Å². The first kappa shape index (κ1) is 20.0. The van der Waals surface area contributed by atoms with Crippen LogP contribution in [0, 0.1) is 5.82 Å². The average Bonchev–Trinajstić information content (AvgIpc) is 2.39. The topological polar surface area (TPSA) is 15.3 Å². The van der Waals surface area contributed by atoms with Gasteiger partial charge in [0, 0.05) is 31.7 Å². The van der Waals surface area contributed by atoms with Crippen molar-refractivity contribution < 1.29 is 30.7 Å². The fourth-order valence-corrected chi connectivity index (χ4v) is 2.56. The van der Waals surface area contributed by atoms with Crippen molar-refractivity contribution in [3.63, 3.8) is 0 Å². The molecule has 1 heterocycles. The first-order chi connectivity index (χ1) is 10.1. The van der Waals surface area contributed by atoms with Gasteiger partial charge in [0.25, 0.3) is 0 Å². The lowest BCUT2D eigenvalue weighted by Crippen LogP contribution is -2.49. The monoisotopic (exact) mass is 366 g/mol. The average molecular weight is 367 g/mol. The molecule has 0 aliphatic carbocycles. The Morgan fingerprint density at radius 2 is 1.57 bits per heavy atom. The number of nitrogens with one attached hydrogen (secondary N) is 1. The van der Waals surface area contributed by atoms with E-state index in [9.17, 15) is 30.7 Å². The van der Waals surface area contributed by atoms with E-state index >= 15 is 0 Å². The summed E-state index contributed by atoms with van der Waals surface area (Å²) in [5, 5.41) is 2.81. The predicted octanol–water partition coefficient (Wildman–Crippen LogP) is 3.77. The standard InChI is InChI=1S/C13H13F7N2.ClH/c14-9-3-1-2-8(12(15,16)17)10(9)11(13(18,19)20)22-6-4-21-5-7-22;/h1-3,11,21H,4-7H2;1H/t11-;/m0./s1. The lowest BCUT2D eigenvalue weighted by Gasteiger charge is -2.37.